The Morgan fingerprint density at radius 2 is 1.69 bits per heavy atom. The molecule has 1 amide bonds. The highest BCUT2D eigenvalue weighted by Gasteiger charge is 2.24. The Morgan fingerprint density at radius 1 is 1.06 bits per heavy atom. The van der Waals surface area contributed by atoms with Gasteiger partial charge in [-0.2, -0.15) is 0 Å². The van der Waals surface area contributed by atoms with Crippen molar-refractivity contribution in [3.8, 4) is 5.75 Å². The summed E-state index contributed by atoms with van der Waals surface area (Å²) in [5, 5.41) is 2.72. The highest BCUT2D eigenvalue weighted by molar-refractivity contribution is 7.09. The van der Waals surface area contributed by atoms with E-state index in [1.54, 1.807) is 6.20 Å². The van der Waals surface area contributed by atoms with Crippen LogP contribution in [0.1, 0.15) is 76.9 Å². The lowest BCUT2D eigenvalue weighted by Gasteiger charge is -2.31. The minimum atomic E-state index is -0.233. The second kappa shape index (κ2) is 10.2. The van der Waals surface area contributed by atoms with E-state index in [1.807, 2.05) is 10.3 Å². The third-order valence-corrected chi connectivity index (χ3v) is 6.86. The van der Waals surface area contributed by atoms with Crippen LogP contribution in [0, 0.1) is 5.92 Å². The second-order valence-electron chi connectivity index (χ2n) is 10.8. The van der Waals surface area contributed by atoms with E-state index in [-0.39, 0.29) is 23.5 Å². The van der Waals surface area contributed by atoms with Gasteiger partial charge in [-0.15, -0.1) is 11.3 Å². The molecule has 32 heavy (non-hydrogen) atoms. The first-order valence-corrected chi connectivity index (χ1v) is 12.5. The van der Waals surface area contributed by atoms with Crippen LogP contribution in [-0.4, -0.2) is 35.7 Å². The van der Waals surface area contributed by atoms with Gasteiger partial charge in [0.1, 0.15) is 17.4 Å². The largest absolute Gasteiger partial charge is 0.494 e. The number of likely N-dealkylation sites (tertiary alicyclic amines) is 1. The van der Waals surface area contributed by atoms with E-state index in [2.05, 4.69) is 64.7 Å². The molecule has 0 atom stereocenters. The molecule has 1 aliphatic rings. The van der Waals surface area contributed by atoms with Crippen molar-refractivity contribution in [1.82, 2.24) is 9.88 Å². The van der Waals surface area contributed by atoms with E-state index in [4.69, 9.17) is 9.47 Å². The van der Waals surface area contributed by atoms with Crippen LogP contribution in [0.25, 0.3) is 0 Å². The van der Waals surface area contributed by atoms with Crippen LogP contribution in [0.4, 0.5) is 4.79 Å². The maximum Gasteiger partial charge on any atom is 0.410 e. The minimum Gasteiger partial charge on any atom is -0.494 e. The van der Waals surface area contributed by atoms with Crippen molar-refractivity contribution in [2.24, 2.45) is 5.92 Å². The van der Waals surface area contributed by atoms with Crippen molar-refractivity contribution in [2.75, 3.05) is 19.7 Å². The fraction of sp³-hybridized carbons (Fsp3) is 0.615. The monoisotopic (exact) mass is 458 g/mol. The first-order chi connectivity index (χ1) is 15.0. The zero-order valence-corrected chi connectivity index (χ0v) is 21.3. The average Bonchev–Trinajstić information content (AvgIpc) is 3.25. The Morgan fingerprint density at radius 3 is 2.22 bits per heavy atom. The van der Waals surface area contributed by atoms with Crippen molar-refractivity contribution in [3.63, 3.8) is 0 Å². The van der Waals surface area contributed by atoms with Crippen LogP contribution in [0.3, 0.4) is 0 Å². The number of aromatic nitrogens is 1. The maximum absolute atomic E-state index is 12.3. The van der Waals surface area contributed by atoms with E-state index in [0.717, 1.165) is 43.1 Å². The molecule has 0 aliphatic carbocycles. The fourth-order valence-corrected chi connectivity index (χ4v) is 4.36. The van der Waals surface area contributed by atoms with Gasteiger partial charge in [0.25, 0.3) is 0 Å². The number of amides is 1. The molecule has 1 aromatic heterocycles. The number of rotatable bonds is 6. The van der Waals surface area contributed by atoms with Gasteiger partial charge in [-0.25, -0.2) is 9.78 Å². The number of nitrogens with zero attached hydrogens (tertiary/aromatic N) is 2. The molecule has 0 spiro atoms. The Bertz CT molecular complexity index is 841. The van der Waals surface area contributed by atoms with E-state index in [0.29, 0.717) is 12.5 Å². The third kappa shape index (κ3) is 6.96. The fourth-order valence-electron chi connectivity index (χ4n) is 3.84. The minimum absolute atomic E-state index is 0.0837. The summed E-state index contributed by atoms with van der Waals surface area (Å²) in [6, 6.07) is 6.70. The van der Waals surface area contributed by atoms with Crippen molar-refractivity contribution < 1.29 is 14.3 Å². The summed E-state index contributed by atoms with van der Waals surface area (Å²) in [5.74, 6) is 1.54. The van der Waals surface area contributed by atoms with Crippen molar-refractivity contribution in [1.29, 1.82) is 0 Å². The van der Waals surface area contributed by atoms with Crippen molar-refractivity contribution in [3.05, 3.63) is 45.9 Å². The molecule has 0 saturated carbocycles. The molecule has 1 saturated heterocycles. The molecule has 0 bridgehead atoms. The number of hydrogen-bond donors (Lipinski definition) is 0. The van der Waals surface area contributed by atoms with Crippen LogP contribution in [0.5, 0.6) is 5.75 Å². The molecule has 0 radical (unpaired) electrons. The number of carbonyl (C=O) groups excluding carboxylic acids is 1. The van der Waals surface area contributed by atoms with Gasteiger partial charge < -0.3 is 14.4 Å². The van der Waals surface area contributed by atoms with Crippen LogP contribution >= 0.6 is 11.3 Å². The number of hydrogen-bond acceptors (Lipinski definition) is 5. The summed E-state index contributed by atoms with van der Waals surface area (Å²) >= 11 is 1.50. The topological polar surface area (TPSA) is 51.7 Å². The summed E-state index contributed by atoms with van der Waals surface area (Å²) < 4.78 is 11.6. The van der Waals surface area contributed by atoms with Gasteiger partial charge in [0.15, 0.2) is 0 Å². The average molecular weight is 459 g/mol. The Kier molecular flexibility index (Phi) is 7.86. The van der Waals surface area contributed by atoms with Gasteiger partial charge in [0.05, 0.1) is 6.61 Å². The summed E-state index contributed by atoms with van der Waals surface area (Å²) in [7, 11) is 0. The van der Waals surface area contributed by atoms with Gasteiger partial charge in [0, 0.05) is 24.7 Å². The van der Waals surface area contributed by atoms with Gasteiger partial charge in [-0.3, -0.25) is 0 Å². The van der Waals surface area contributed by atoms with Crippen LogP contribution in [-0.2, 0) is 22.2 Å². The zero-order chi connectivity index (χ0) is 23.4. The summed E-state index contributed by atoms with van der Waals surface area (Å²) in [6.45, 7) is 15.9. The van der Waals surface area contributed by atoms with E-state index < -0.39 is 0 Å². The molecule has 0 unspecified atom stereocenters. The number of carbonyl (C=O) groups is 1. The predicted molar refractivity (Wildman–Crippen MR) is 131 cm³/mol. The number of ether oxygens (including phenoxy) is 2. The second-order valence-corrected chi connectivity index (χ2v) is 11.8. The highest BCUT2D eigenvalue weighted by atomic mass is 32.1. The highest BCUT2D eigenvalue weighted by Crippen LogP contribution is 2.33. The molecule has 1 fully saturated rings. The maximum atomic E-state index is 12.3. The van der Waals surface area contributed by atoms with Gasteiger partial charge in [-0.05, 0) is 59.3 Å². The van der Waals surface area contributed by atoms with Gasteiger partial charge >= 0.3 is 6.09 Å². The lowest BCUT2D eigenvalue weighted by Crippen LogP contribution is -2.39. The van der Waals surface area contributed by atoms with Crippen LogP contribution < -0.4 is 4.74 Å². The SMILES string of the molecule is CC(C)(C)c1cc(OCCC2CCN(C(=O)OCc3nccs3)CC2)cc(C(C)(C)C)c1. The molecule has 1 aliphatic heterocycles. The quantitative estimate of drug-likeness (QED) is 0.492. The van der Waals surface area contributed by atoms with Crippen molar-refractivity contribution in [2.45, 2.75) is 78.2 Å². The third-order valence-electron chi connectivity index (χ3n) is 6.11. The molecule has 2 heterocycles. The molecule has 3 rings (SSSR count). The molecule has 6 heteroatoms. The summed E-state index contributed by atoms with van der Waals surface area (Å²) in [5.41, 5.74) is 2.79. The molecule has 5 nitrogen and oxygen atoms in total. The Hall–Kier alpha value is -2.08. The van der Waals surface area contributed by atoms with E-state index in [9.17, 15) is 4.79 Å². The standard InChI is InChI=1S/C26H38N2O3S/c1-25(2,3)20-15-21(26(4,5)6)17-22(16-20)30-13-9-19-7-11-28(12-8-19)24(29)31-18-23-27-10-14-32-23/h10,14-17,19H,7-9,11-13,18H2,1-6H3. The molecule has 1 aromatic carbocycles. The number of thiazole rings is 1. The Labute approximate surface area is 197 Å². The van der Waals surface area contributed by atoms with Gasteiger partial charge in [0.2, 0.25) is 0 Å². The van der Waals surface area contributed by atoms with Crippen molar-refractivity contribution >= 4 is 17.4 Å². The lowest BCUT2D eigenvalue weighted by atomic mass is 9.80. The molecular formula is C26H38N2O3S. The molecular weight excluding hydrogens is 420 g/mol. The zero-order valence-electron chi connectivity index (χ0n) is 20.4. The first kappa shape index (κ1) is 24.6. The first-order valence-electron chi connectivity index (χ1n) is 11.6. The lowest BCUT2D eigenvalue weighted by molar-refractivity contribution is 0.0799. The Balaban J connectivity index is 1.46. The van der Waals surface area contributed by atoms with E-state index >= 15 is 0 Å². The van der Waals surface area contributed by atoms with Crippen LogP contribution in [0.2, 0.25) is 0 Å². The molecule has 176 valence electrons. The summed E-state index contributed by atoms with van der Waals surface area (Å²) in [6.07, 6.45) is 4.48. The normalized spacial score (nSPS) is 15.6. The molecule has 0 N–H and O–H groups in total. The predicted octanol–water partition coefficient (Wildman–Crippen LogP) is 6.56. The smallest absolute Gasteiger partial charge is 0.410 e. The molecule has 2 aromatic rings. The number of benzene rings is 1. The van der Waals surface area contributed by atoms with Crippen LogP contribution in [0.15, 0.2) is 29.8 Å². The van der Waals surface area contributed by atoms with E-state index in [1.165, 1.54) is 22.5 Å². The van der Waals surface area contributed by atoms with Gasteiger partial charge in [-0.1, -0.05) is 47.6 Å². The number of piperidine rings is 1. The summed E-state index contributed by atoms with van der Waals surface area (Å²) in [4.78, 5) is 18.2.